The van der Waals surface area contributed by atoms with Crippen LogP contribution in [-0.4, -0.2) is 42.3 Å². The van der Waals surface area contributed by atoms with Crippen LogP contribution in [0.15, 0.2) is 36.4 Å². The van der Waals surface area contributed by atoms with Crippen molar-refractivity contribution in [2.24, 2.45) is 17.8 Å². The number of fused-ring (bicyclic) bond motifs is 1. The maximum Gasteiger partial charge on any atom is 0.233 e. The number of imide groups is 1. The molecular weight excluding hydrogens is 390 g/mol. The maximum absolute atomic E-state index is 12.5. The molecule has 0 unspecified atom stereocenters. The lowest BCUT2D eigenvalue weighted by atomic mass is 9.85. The van der Waals surface area contributed by atoms with Crippen molar-refractivity contribution in [2.75, 3.05) is 24.5 Å². The van der Waals surface area contributed by atoms with Crippen LogP contribution in [0.1, 0.15) is 57.6 Å². The summed E-state index contributed by atoms with van der Waals surface area (Å²) in [5.74, 6) is -0.135. The van der Waals surface area contributed by atoms with Crippen LogP contribution in [0.5, 0.6) is 0 Å². The first-order chi connectivity index (χ1) is 14.9. The molecule has 2 fully saturated rings. The van der Waals surface area contributed by atoms with Crippen LogP contribution < -0.4 is 10.2 Å². The highest BCUT2D eigenvalue weighted by Crippen LogP contribution is 2.35. The van der Waals surface area contributed by atoms with E-state index >= 15 is 0 Å². The van der Waals surface area contributed by atoms with Crippen molar-refractivity contribution >= 4 is 23.4 Å². The molecule has 2 saturated heterocycles. The van der Waals surface area contributed by atoms with Gasteiger partial charge in [0.15, 0.2) is 0 Å². The van der Waals surface area contributed by atoms with E-state index in [1.165, 1.54) is 23.4 Å². The molecule has 4 atom stereocenters. The molecule has 0 bridgehead atoms. The number of hydrogen-bond acceptors (Lipinski definition) is 4. The molecule has 6 nitrogen and oxygen atoms in total. The van der Waals surface area contributed by atoms with Crippen molar-refractivity contribution in [2.45, 2.75) is 52.0 Å². The number of carbonyl (C=O) groups excluding carboxylic acids is 3. The summed E-state index contributed by atoms with van der Waals surface area (Å²) in [6, 6.07) is 8.29. The van der Waals surface area contributed by atoms with Crippen molar-refractivity contribution in [1.82, 2.24) is 10.2 Å². The normalized spacial score (nSPS) is 26.7. The summed E-state index contributed by atoms with van der Waals surface area (Å²) in [6.07, 6.45) is 7.86. The summed E-state index contributed by atoms with van der Waals surface area (Å²) < 4.78 is 0. The molecule has 3 amide bonds. The fourth-order valence-corrected chi connectivity index (χ4v) is 5.10. The highest BCUT2D eigenvalue weighted by atomic mass is 16.2. The van der Waals surface area contributed by atoms with Crippen LogP contribution >= 0.6 is 0 Å². The number of anilines is 1. The van der Waals surface area contributed by atoms with E-state index in [4.69, 9.17) is 0 Å². The maximum atomic E-state index is 12.5. The predicted octanol–water partition coefficient (Wildman–Crippen LogP) is 3.44. The molecule has 2 aliphatic heterocycles. The van der Waals surface area contributed by atoms with Crippen LogP contribution in [0, 0.1) is 17.8 Å². The Morgan fingerprint density at radius 2 is 1.74 bits per heavy atom. The van der Waals surface area contributed by atoms with Gasteiger partial charge in [-0.15, -0.1) is 0 Å². The van der Waals surface area contributed by atoms with Crippen LogP contribution in [-0.2, 0) is 14.4 Å². The number of nitrogens with zero attached hydrogens (tertiary/aromatic N) is 2. The van der Waals surface area contributed by atoms with Crippen LogP contribution in [0.4, 0.5) is 5.69 Å². The van der Waals surface area contributed by atoms with Crippen molar-refractivity contribution in [1.29, 1.82) is 0 Å². The fourth-order valence-electron chi connectivity index (χ4n) is 5.10. The first kappa shape index (κ1) is 21.6. The van der Waals surface area contributed by atoms with Crippen LogP contribution in [0.25, 0.3) is 0 Å². The molecule has 1 aromatic rings. The summed E-state index contributed by atoms with van der Waals surface area (Å²) in [7, 11) is 0. The first-order valence-electron chi connectivity index (χ1n) is 11.6. The minimum absolute atomic E-state index is 0.122. The number of nitrogens with one attached hydrogen (secondary N) is 1. The third-order valence-corrected chi connectivity index (χ3v) is 6.95. The zero-order chi connectivity index (χ0) is 22.0. The van der Waals surface area contributed by atoms with E-state index in [1.54, 1.807) is 0 Å². The number of benzene rings is 1. The smallest absolute Gasteiger partial charge is 0.233 e. The average Bonchev–Trinajstić information content (AvgIpc) is 3.02. The summed E-state index contributed by atoms with van der Waals surface area (Å²) >= 11 is 0. The monoisotopic (exact) mass is 423 g/mol. The lowest BCUT2D eigenvalue weighted by Gasteiger charge is -2.33. The molecule has 166 valence electrons. The molecule has 31 heavy (non-hydrogen) atoms. The van der Waals surface area contributed by atoms with E-state index < -0.39 is 0 Å². The van der Waals surface area contributed by atoms with Gasteiger partial charge in [-0.25, -0.2) is 0 Å². The zero-order valence-electron chi connectivity index (χ0n) is 18.5. The van der Waals surface area contributed by atoms with Gasteiger partial charge in [0.05, 0.1) is 17.9 Å². The Morgan fingerprint density at radius 3 is 2.35 bits per heavy atom. The second-order valence-corrected chi connectivity index (χ2v) is 9.31. The van der Waals surface area contributed by atoms with Gasteiger partial charge in [-0.05, 0) is 56.2 Å². The number of hydrogen-bond donors (Lipinski definition) is 1. The topological polar surface area (TPSA) is 69.7 Å². The van der Waals surface area contributed by atoms with E-state index in [9.17, 15) is 14.4 Å². The molecule has 4 rings (SSSR count). The molecule has 6 heteroatoms. The van der Waals surface area contributed by atoms with Gasteiger partial charge in [0.1, 0.15) is 0 Å². The second-order valence-electron chi connectivity index (χ2n) is 9.31. The number of rotatable bonds is 6. The van der Waals surface area contributed by atoms with Crippen molar-refractivity contribution in [3.05, 3.63) is 42.0 Å². The third kappa shape index (κ3) is 4.68. The Balaban J connectivity index is 1.28. The molecule has 0 spiro atoms. The predicted molar refractivity (Wildman–Crippen MR) is 120 cm³/mol. The van der Waals surface area contributed by atoms with E-state index in [1.807, 2.05) is 19.1 Å². The molecule has 3 aliphatic rings. The Morgan fingerprint density at radius 1 is 1.10 bits per heavy atom. The second kappa shape index (κ2) is 9.25. The van der Waals surface area contributed by atoms with Gasteiger partial charge in [-0.2, -0.15) is 0 Å². The highest BCUT2D eigenvalue weighted by Gasteiger charge is 2.46. The number of piperidine rings is 1. The minimum atomic E-state index is -0.235. The third-order valence-electron chi connectivity index (χ3n) is 6.95. The number of likely N-dealkylation sites (tertiary alicyclic amines) is 1. The molecule has 0 radical (unpaired) electrons. The van der Waals surface area contributed by atoms with Gasteiger partial charge >= 0.3 is 0 Å². The first-order valence-corrected chi connectivity index (χ1v) is 11.6. The molecule has 1 aromatic carbocycles. The Kier molecular flexibility index (Phi) is 6.44. The number of allylic oxidation sites excluding steroid dienone is 2. The van der Waals surface area contributed by atoms with Crippen molar-refractivity contribution in [3.63, 3.8) is 0 Å². The molecule has 0 aromatic heterocycles. The van der Waals surface area contributed by atoms with E-state index in [2.05, 4.69) is 41.4 Å². The van der Waals surface area contributed by atoms with Gasteiger partial charge in [0, 0.05) is 31.7 Å². The fraction of sp³-hybridized carbons (Fsp3) is 0.560. The molecule has 0 saturated carbocycles. The molecular formula is C25H33N3O3. The van der Waals surface area contributed by atoms with Gasteiger partial charge < -0.3 is 10.2 Å². The van der Waals surface area contributed by atoms with Gasteiger partial charge in [0.2, 0.25) is 17.7 Å². The zero-order valence-corrected chi connectivity index (χ0v) is 18.5. The van der Waals surface area contributed by atoms with Crippen LogP contribution in [0.3, 0.4) is 0 Å². The lowest BCUT2D eigenvalue weighted by Crippen LogP contribution is -2.36. The van der Waals surface area contributed by atoms with Crippen molar-refractivity contribution < 1.29 is 14.4 Å². The molecule has 1 N–H and O–H groups in total. The van der Waals surface area contributed by atoms with Crippen molar-refractivity contribution in [3.8, 4) is 0 Å². The number of amides is 3. The average molecular weight is 424 g/mol. The lowest BCUT2D eigenvalue weighted by molar-refractivity contribution is -0.140. The Bertz CT molecular complexity index is 837. The molecule has 1 aliphatic carbocycles. The quantitative estimate of drug-likeness (QED) is 0.562. The summed E-state index contributed by atoms with van der Waals surface area (Å²) in [6.45, 7) is 6.61. The SMILES string of the molecule is C[C@H]1CCCN(c2ccc([C@H](C)NC(=O)CCN3C(=O)[C@H]4CC=CC[C@H]4C3=O)cc2)C1. The standard InChI is InChI=1S/C25H33N3O3/c1-17-6-5-14-27(16-17)20-11-9-19(10-12-20)18(2)26-23(29)13-15-28-24(30)21-7-3-4-8-22(21)25(28)31/h3-4,9-12,17-18,21-22H,5-8,13-16H2,1-2H3,(H,26,29)/t17-,18-,21-,22+/m0/s1. The van der Waals surface area contributed by atoms with Crippen LogP contribution in [0.2, 0.25) is 0 Å². The Labute approximate surface area is 184 Å². The van der Waals surface area contributed by atoms with Gasteiger partial charge in [-0.1, -0.05) is 31.2 Å². The largest absolute Gasteiger partial charge is 0.371 e. The Hall–Kier alpha value is -2.63. The van der Waals surface area contributed by atoms with E-state index in [0.717, 1.165) is 24.6 Å². The van der Waals surface area contributed by atoms with Gasteiger partial charge in [0.25, 0.3) is 0 Å². The number of carbonyl (C=O) groups is 3. The minimum Gasteiger partial charge on any atom is -0.371 e. The summed E-state index contributed by atoms with van der Waals surface area (Å²) in [5.41, 5.74) is 2.28. The summed E-state index contributed by atoms with van der Waals surface area (Å²) in [5, 5.41) is 3.00. The highest BCUT2D eigenvalue weighted by molar-refractivity contribution is 6.05. The molecule has 2 heterocycles. The van der Waals surface area contributed by atoms with E-state index in [-0.39, 0.29) is 48.6 Å². The van der Waals surface area contributed by atoms with Gasteiger partial charge in [-0.3, -0.25) is 19.3 Å². The summed E-state index contributed by atoms with van der Waals surface area (Å²) in [4.78, 5) is 41.3. The van der Waals surface area contributed by atoms with E-state index in [0.29, 0.717) is 12.8 Å².